The van der Waals surface area contributed by atoms with Crippen molar-refractivity contribution < 1.29 is 9.90 Å². The third-order valence-electron chi connectivity index (χ3n) is 10.4. The largest absolute Gasteiger partial charge is 0.486 e. The molecule has 268 valence electrons. The number of hydrogen-bond donors (Lipinski definition) is 1. The van der Waals surface area contributed by atoms with Gasteiger partial charge in [-0.05, 0) is 100.0 Å². The molecule has 0 spiro atoms. The summed E-state index contributed by atoms with van der Waals surface area (Å²) in [7, 11) is 0. The zero-order valence-electron chi connectivity index (χ0n) is 30.2. The van der Waals surface area contributed by atoms with Crippen LogP contribution in [0, 0.1) is 6.57 Å². The number of carboxylic acid groups (broad SMARTS) is 1. The van der Waals surface area contributed by atoms with Crippen LogP contribution >= 0.6 is 34.4 Å². The van der Waals surface area contributed by atoms with Crippen molar-refractivity contribution in [2.45, 2.75) is 42.4 Å². The molecule has 0 unspecified atom stereocenters. The molecule has 3 heterocycles. The van der Waals surface area contributed by atoms with Crippen molar-refractivity contribution >= 4 is 87.4 Å². The normalized spacial score (nSPS) is 12.6. The fourth-order valence-electron chi connectivity index (χ4n) is 7.68. The van der Waals surface area contributed by atoms with E-state index in [1.165, 1.54) is 88.2 Å². The van der Waals surface area contributed by atoms with Gasteiger partial charge < -0.3 is 10.0 Å². The average Bonchev–Trinajstić information content (AvgIpc) is 3.75. The predicted molar refractivity (Wildman–Crippen MR) is 235 cm³/mol. The first-order valence-electron chi connectivity index (χ1n) is 18.6. The van der Waals surface area contributed by atoms with E-state index in [1.54, 1.807) is 22.7 Å². The minimum atomic E-state index is -1.23. The smallest absolute Gasteiger partial charge is 0.333 e. The Morgan fingerprint density at radius 1 is 0.673 bits per heavy atom. The molecule has 0 saturated carbocycles. The highest BCUT2D eigenvalue weighted by Gasteiger charge is 2.25. The van der Waals surface area contributed by atoms with Gasteiger partial charge in [-0.1, -0.05) is 117 Å². The van der Waals surface area contributed by atoms with Gasteiger partial charge in [0.15, 0.2) is 0 Å². The SMILES string of the molecule is [C-]#[N+]/C(=C\c1cc2c(cc1-c1ccccc1)sc1c3cc(-c4ccc5c(c4)Sc4ccccc4N5CCCCCC)c(-c4ccccc4)cc3sc21)C(=O)O. The van der Waals surface area contributed by atoms with Gasteiger partial charge in [0.2, 0.25) is 0 Å². The number of unbranched alkanes of at least 4 members (excludes halogenated alkanes) is 3. The Labute approximate surface area is 332 Å². The molecule has 6 aromatic carbocycles. The van der Waals surface area contributed by atoms with Crippen LogP contribution in [0.4, 0.5) is 11.4 Å². The van der Waals surface area contributed by atoms with Crippen molar-refractivity contribution in [1.29, 1.82) is 0 Å². The first-order valence-corrected chi connectivity index (χ1v) is 21.0. The second kappa shape index (κ2) is 14.9. The zero-order chi connectivity index (χ0) is 37.5. The molecule has 0 fully saturated rings. The molecule has 0 amide bonds. The van der Waals surface area contributed by atoms with Crippen molar-refractivity contribution in [2.75, 3.05) is 11.4 Å². The second-order valence-electron chi connectivity index (χ2n) is 13.8. The standard InChI is InChI=1S/C48H36N2O2S3/c1-3-4-5-14-23-50-40-19-12-13-20-42(40)53-45-26-32(21-22-41(45)50)35-27-38-44(29-36(35)31-17-10-7-11-18-31)55-46-37-24-33(25-39(49-2)48(51)52)34(28-43(37)54-47(38)46)30-15-8-6-9-16-30/h6-13,15-22,24-29H,3-5,14,23H2,1H3,(H,51,52)/b39-25-. The summed E-state index contributed by atoms with van der Waals surface area (Å²) in [5.74, 6) is -1.23. The van der Waals surface area contributed by atoms with E-state index in [-0.39, 0.29) is 5.70 Å². The number of fused-ring (bicyclic) bond motifs is 7. The van der Waals surface area contributed by atoms with Gasteiger partial charge >= 0.3 is 5.97 Å². The minimum absolute atomic E-state index is 0.303. The van der Waals surface area contributed by atoms with Crippen LogP contribution in [0.25, 0.3) is 73.9 Å². The lowest BCUT2D eigenvalue weighted by Gasteiger charge is -2.33. The molecule has 4 nitrogen and oxygen atoms in total. The third-order valence-corrected chi connectivity index (χ3v) is 14.0. The molecule has 8 aromatic rings. The molecule has 9 rings (SSSR count). The molecule has 0 radical (unpaired) electrons. The van der Waals surface area contributed by atoms with Gasteiger partial charge in [-0.3, -0.25) is 4.79 Å². The molecule has 1 N–H and O–H groups in total. The average molecular weight is 769 g/mol. The summed E-state index contributed by atoms with van der Waals surface area (Å²) in [5.41, 5.74) is 9.64. The van der Waals surface area contributed by atoms with E-state index in [0.29, 0.717) is 0 Å². The van der Waals surface area contributed by atoms with Gasteiger partial charge in [-0.2, -0.15) is 0 Å². The Morgan fingerprint density at radius 2 is 1.29 bits per heavy atom. The number of benzene rings is 6. The number of aliphatic carboxylic acids is 1. The molecule has 0 atom stereocenters. The van der Waals surface area contributed by atoms with Crippen LogP contribution in [0.5, 0.6) is 0 Å². The Balaban J connectivity index is 1.22. The van der Waals surface area contributed by atoms with Gasteiger partial charge in [-0.25, -0.2) is 4.85 Å². The number of para-hydroxylation sites is 1. The van der Waals surface area contributed by atoms with Crippen LogP contribution < -0.4 is 4.90 Å². The summed E-state index contributed by atoms with van der Waals surface area (Å²) < 4.78 is 4.74. The van der Waals surface area contributed by atoms with Crippen LogP contribution in [0.1, 0.15) is 38.2 Å². The summed E-state index contributed by atoms with van der Waals surface area (Å²) in [4.78, 5) is 20.4. The van der Waals surface area contributed by atoms with Crippen LogP contribution in [0.3, 0.4) is 0 Å². The van der Waals surface area contributed by atoms with Crippen molar-refractivity contribution in [3.63, 3.8) is 0 Å². The van der Waals surface area contributed by atoms with Crippen molar-refractivity contribution in [3.05, 3.63) is 150 Å². The van der Waals surface area contributed by atoms with Crippen LogP contribution in [-0.4, -0.2) is 17.6 Å². The van der Waals surface area contributed by atoms with Gasteiger partial charge in [0.25, 0.3) is 5.70 Å². The molecule has 0 bridgehead atoms. The lowest BCUT2D eigenvalue weighted by molar-refractivity contribution is -0.132. The fourth-order valence-corrected chi connectivity index (χ4v) is 11.5. The maximum absolute atomic E-state index is 12.0. The summed E-state index contributed by atoms with van der Waals surface area (Å²) >= 11 is 5.42. The van der Waals surface area contributed by atoms with Gasteiger partial charge in [0.1, 0.15) is 0 Å². The quantitative estimate of drug-likeness (QED) is 0.0855. The number of anilines is 2. The van der Waals surface area contributed by atoms with E-state index < -0.39 is 5.97 Å². The van der Waals surface area contributed by atoms with Crippen molar-refractivity contribution in [3.8, 4) is 33.4 Å². The highest BCUT2D eigenvalue weighted by molar-refractivity contribution is 7.99. The number of nitrogens with zero attached hydrogens (tertiary/aromatic N) is 2. The van der Waals surface area contributed by atoms with E-state index >= 15 is 0 Å². The summed E-state index contributed by atoms with van der Waals surface area (Å²) in [5, 5.41) is 12.1. The number of carboxylic acids is 1. The monoisotopic (exact) mass is 768 g/mol. The highest BCUT2D eigenvalue weighted by atomic mass is 32.2. The molecule has 1 aliphatic rings. The first kappa shape index (κ1) is 35.1. The molecule has 0 aliphatic carbocycles. The highest BCUT2D eigenvalue weighted by Crippen LogP contribution is 2.52. The molecule has 55 heavy (non-hydrogen) atoms. The van der Waals surface area contributed by atoms with Crippen LogP contribution in [0.15, 0.2) is 143 Å². The first-order chi connectivity index (χ1) is 27.0. The Hall–Kier alpha value is -5.65. The molecule has 1 aliphatic heterocycles. The number of thiophene rings is 2. The maximum atomic E-state index is 12.0. The molecule has 7 heteroatoms. The van der Waals surface area contributed by atoms with Crippen LogP contribution in [-0.2, 0) is 4.79 Å². The van der Waals surface area contributed by atoms with E-state index in [1.807, 2.05) is 42.1 Å². The molecular formula is C48H36N2O2S3. The summed E-state index contributed by atoms with van der Waals surface area (Å²) in [6.45, 7) is 10.8. The number of rotatable bonds is 10. The molecule has 0 saturated heterocycles. The fraction of sp³-hybridized carbons (Fsp3) is 0.125. The predicted octanol–water partition coefficient (Wildman–Crippen LogP) is 14.8. The molecule has 2 aromatic heterocycles. The van der Waals surface area contributed by atoms with Gasteiger partial charge in [0, 0.05) is 36.5 Å². The maximum Gasteiger partial charge on any atom is 0.333 e. The lowest BCUT2D eigenvalue weighted by atomic mass is 9.93. The summed E-state index contributed by atoms with van der Waals surface area (Å²) in [6, 6.07) is 45.4. The number of hydrogen-bond acceptors (Lipinski definition) is 5. The van der Waals surface area contributed by atoms with E-state index in [9.17, 15) is 9.90 Å². The van der Waals surface area contributed by atoms with Crippen LogP contribution in [0.2, 0.25) is 0 Å². The van der Waals surface area contributed by atoms with Gasteiger partial charge in [0.05, 0.1) is 27.3 Å². The lowest BCUT2D eigenvalue weighted by Crippen LogP contribution is -2.22. The number of carbonyl (C=O) groups is 1. The Kier molecular flexibility index (Phi) is 9.49. The topological polar surface area (TPSA) is 44.9 Å². The Bertz CT molecular complexity index is 2830. The van der Waals surface area contributed by atoms with E-state index in [4.69, 9.17) is 6.57 Å². The van der Waals surface area contributed by atoms with E-state index in [0.717, 1.165) is 39.7 Å². The minimum Gasteiger partial charge on any atom is -0.486 e. The van der Waals surface area contributed by atoms with Crippen molar-refractivity contribution in [1.82, 2.24) is 0 Å². The Morgan fingerprint density at radius 3 is 1.98 bits per heavy atom. The summed E-state index contributed by atoms with van der Waals surface area (Å²) in [6.07, 6.45) is 6.40. The van der Waals surface area contributed by atoms with E-state index in [2.05, 4.69) is 114 Å². The second-order valence-corrected chi connectivity index (χ2v) is 17.0. The zero-order valence-corrected chi connectivity index (χ0v) is 32.7. The third kappa shape index (κ3) is 6.51. The van der Waals surface area contributed by atoms with Crippen molar-refractivity contribution in [2.24, 2.45) is 0 Å². The molecular weight excluding hydrogens is 733 g/mol. The van der Waals surface area contributed by atoms with Gasteiger partial charge in [-0.15, -0.1) is 22.7 Å².